The van der Waals surface area contributed by atoms with Gasteiger partial charge in [-0.25, -0.2) is 0 Å². The van der Waals surface area contributed by atoms with E-state index in [0.717, 1.165) is 0 Å². The first kappa shape index (κ1) is 17.9. The molecule has 4 rings (SSSR count). The van der Waals surface area contributed by atoms with Crippen LogP contribution < -0.4 is 10.1 Å². The highest BCUT2D eigenvalue weighted by Crippen LogP contribution is 2.30. The summed E-state index contributed by atoms with van der Waals surface area (Å²) in [5.41, 5.74) is 1.99. The molecule has 0 unspecified atom stereocenters. The first-order chi connectivity index (χ1) is 13.5. The Bertz CT molecular complexity index is 1150. The Kier molecular flexibility index (Phi) is 4.45. The van der Waals surface area contributed by atoms with Crippen LogP contribution in [0.4, 0.5) is 5.69 Å². The minimum atomic E-state index is -0.436. The molecule has 1 aliphatic rings. The number of rotatable bonds is 3. The number of methoxy groups -OCH3 is 1. The third-order valence-corrected chi connectivity index (χ3v) is 4.82. The summed E-state index contributed by atoms with van der Waals surface area (Å²) >= 11 is 5.98. The van der Waals surface area contributed by atoms with Crippen LogP contribution in [0, 0.1) is 0 Å². The Morgan fingerprint density at radius 1 is 0.857 bits per heavy atom. The molecule has 0 aromatic heterocycles. The molecule has 0 radical (unpaired) electrons. The van der Waals surface area contributed by atoms with Crippen molar-refractivity contribution in [2.24, 2.45) is 0 Å². The molecule has 3 aromatic carbocycles. The third kappa shape index (κ3) is 2.96. The topological polar surface area (TPSA) is 72.5 Å². The van der Waals surface area contributed by atoms with Crippen LogP contribution in [0.3, 0.4) is 0 Å². The summed E-state index contributed by atoms with van der Waals surface area (Å²) in [7, 11) is 1.46. The summed E-state index contributed by atoms with van der Waals surface area (Å²) in [6.45, 7) is 0. The van der Waals surface area contributed by atoms with Gasteiger partial charge in [0, 0.05) is 33.0 Å². The molecule has 5 nitrogen and oxygen atoms in total. The average molecular weight is 392 g/mol. The Balaban J connectivity index is 1.69. The summed E-state index contributed by atoms with van der Waals surface area (Å²) < 4.78 is 5.20. The zero-order chi connectivity index (χ0) is 19.8. The molecular weight excluding hydrogens is 378 g/mol. The van der Waals surface area contributed by atoms with Gasteiger partial charge in [-0.15, -0.1) is 0 Å². The van der Waals surface area contributed by atoms with Crippen LogP contribution in [0.25, 0.3) is 0 Å². The zero-order valence-electron chi connectivity index (χ0n) is 14.8. The van der Waals surface area contributed by atoms with E-state index in [-0.39, 0.29) is 22.7 Å². The number of hydrogen-bond acceptors (Lipinski definition) is 4. The second kappa shape index (κ2) is 6.94. The van der Waals surface area contributed by atoms with Gasteiger partial charge in [-0.1, -0.05) is 35.9 Å². The lowest BCUT2D eigenvalue weighted by molar-refractivity contribution is 0.0979. The van der Waals surface area contributed by atoms with Crippen LogP contribution in [0.1, 0.15) is 42.2 Å². The molecule has 28 heavy (non-hydrogen) atoms. The lowest BCUT2D eigenvalue weighted by atomic mass is 9.84. The van der Waals surface area contributed by atoms with E-state index in [4.69, 9.17) is 16.3 Å². The molecule has 0 saturated carbocycles. The second-order valence-corrected chi connectivity index (χ2v) is 6.70. The molecule has 0 spiro atoms. The fourth-order valence-corrected chi connectivity index (χ4v) is 3.41. The van der Waals surface area contributed by atoms with Gasteiger partial charge >= 0.3 is 0 Å². The first-order valence-electron chi connectivity index (χ1n) is 8.47. The highest BCUT2D eigenvalue weighted by Gasteiger charge is 2.29. The molecule has 0 atom stereocenters. The van der Waals surface area contributed by atoms with Crippen LogP contribution in [-0.2, 0) is 0 Å². The Morgan fingerprint density at radius 3 is 2.18 bits per heavy atom. The molecule has 1 N–H and O–H groups in total. The summed E-state index contributed by atoms with van der Waals surface area (Å²) in [5, 5.41) is 3.13. The van der Waals surface area contributed by atoms with Crippen molar-refractivity contribution in [3.63, 3.8) is 0 Å². The van der Waals surface area contributed by atoms with E-state index < -0.39 is 5.91 Å². The van der Waals surface area contributed by atoms with Crippen LogP contribution >= 0.6 is 11.6 Å². The summed E-state index contributed by atoms with van der Waals surface area (Å²) in [4.78, 5) is 38.1. The lowest BCUT2D eigenvalue weighted by Crippen LogP contribution is -2.21. The number of halogens is 1. The number of fused-ring (bicyclic) bond motifs is 2. The van der Waals surface area contributed by atoms with Gasteiger partial charge in [0.15, 0.2) is 11.6 Å². The van der Waals surface area contributed by atoms with Gasteiger partial charge in [0.25, 0.3) is 5.91 Å². The molecule has 0 bridgehead atoms. The van der Waals surface area contributed by atoms with Crippen LogP contribution in [0.5, 0.6) is 5.75 Å². The van der Waals surface area contributed by atoms with E-state index in [1.165, 1.54) is 19.2 Å². The molecule has 1 amide bonds. The molecule has 3 aromatic rings. The van der Waals surface area contributed by atoms with Crippen molar-refractivity contribution in [1.82, 2.24) is 0 Å². The number of carbonyl (C=O) groups is 3. The maximum Gasteiger partial charge on any atom is 0.259 e. The molecule has 0 aliphatic heterocycles. The molecule has 0 fully saturated rings. The van der Waals surface area contributed by atoms with Gasteiger partial charge in [0.1, 0.15) is 5.75 Å². The summed E-state index contributed by atoms with van der Waals surface area (Å²) in [6, 6.07) is 16.1. The number of carbonyl (C=O) groups excluding carboxylic acids is 3. The molecule has 6 heteroatoms. The fraction of sp³-hybridized carbons (Fsp3) is 0.0455. The van der Waals surface area contributed by atoms with E-state index >= 15 is 0 Å². The van der Waals surface area contributed by atoms with Gasteiger partial charge in [0.05, 0.1) is 12.7 Å². The predicted octanol–water partition coefficient (Wildman–Crippen LogP) is 4.38. The number of nitrogens with one attached hydrogen (secondary N) is 1. The minimum Gasteiger partial charge on any atom is -0.496 e. The molecule has 0 heterocycles. The smallest absolute Gasteiger partial charge is 0.259 e. The zero-order valence-corrected chi connectivity index (χ0v) is 15.5. The van der Waals surface area contributed by atoms with Crippen molar-refractivity contribution in [2.75, 3.05) is 12.4 Å². The van der Waals surface area contributed by atoms with E-state index in [0.29, 0.717) is 33.1 Å². The van der Waals surface area contributed by atoms with Crippen LogP contribution in [-0.4, -0.2) is 24.6 Å². The fourth-order valence-electron chi connectivity index (χ4n) is 3.23. The van der Waals surface area contributed by atoms with Gasteiger partial charge in [-0.05, 0) is 36.4 Å². The number of amides is 1. The maximum absolute atomic E-state index is 12.8. The number of anilines is 1. The molecule has 1 aliphatic carbocycles. The first-order valence-corrected chi connectivity index (χ1v) is 8.85. The quantitative estimate of drug-likeness (QED) is 0.562. The largest absolute Gasteiger partial charge is 0.496 e. The van der Waals surface area contributed by atoms with Gasteiger partial charge < -0.3 is 10.1 Å². The van der Waals surface area contributed by atoms with E-state index in [2.05, 4.69) is 5.32 Å². The van der Waals surface area contributed by atoms with E-state index in [9.17, 15) is 14.4 Å². The molecular formula is C22H14ClNO4. The molecule has 138 valence electrons. The van der Waals surface area contributed by atoms with Crippen molar-refractivity contribution in [1.29, 1.82) is 0 Å². The summed E-state index contributed by atoms with van der Waals surface area (Å²) in [6.07, 6.45) is 0. The van der Waals surface area contributed by atoms with E-state index in [1.54, 1.807) is 48.5 Å². The molecule has 0 saturated heterocycles. The van der Waals surface area contributed by atoms with Crippen molar-refractivity contribution < 1.29 is 19.1 Å². The average Bonchev–Trinajstić information content (AvgIpc) is 2.72. The Morgan fingerprint density at radius 2 is 1.50 bits per heavy atom. The summed E-state index contributed by atoms with van der Waals surface area (Å²) in [5.74, 6) is -0.518. The Labute approximate surface area is 165 Å². The van der Waals surface area contributed by atoms with Crippen molar-refractivity contribution >= 4 is 34.8 Å². The third-order valence-electron chi connectivity index (χ3n) is 4.59. The standard InChI is InChI=1S/C22H14ClNO4/c1-28-19-9-6-12(23)10-18(19)22(27)24-13-7-8-16-17(11-13)21(26)15-5-3-2-4-14(15)20(16)25/h2-11H,1H3,(H,24,27). The van der Waals surface area contributed by atoms with Crippen molar-refractivity contribution in [3.8, 4) is 5.75 Å². The SMILES string of the molecule is COc1ccc(Cl)cc1C(=O)Nc1ccc2c(c1)C(=O)c1ccccc1C2=O. The minimum absolute atomic E-state index is 0.209. The van der Waals surface area contributed by atoms with Crippen molar-refractivity contribution in [2.45, 2.75) is 0 Å². The second-order valence-electron chi connectivity index (χ2n) is 6.26. The lowest BCUT2D eigenvalue weighted by Gasteiger charge is -2.18. The predicted molar refractivity (Wildman–Crippen MR) is 106 cm³/mol. The normalized spacial score (nSPS) is 12.2. The van der Waals surface area contributed by atoms with Crippen LogP contribution in [0.2, 0.25) is 5.02 Å². The van der Waals surface area contributed by atoms with Crippen molar-refractivity contribution in [3.05, 3.63) is 93.5 Å². The highest BCUT2D eigenvalue weighted by atomic mass is 35.5. The van der Waals surface area contributed by atoms with Gasteiger partial charge in [-0.2, -0.15) is 0 Å². The number of benzene rings is 3. The maximum atomic E-state index is 12.8. The van der Waals surface area contributed by atoms with E-state index in [1.807, 2.05) is 0 Å². The van der Waals surface area contributed by atoms with Gasteiger partial charge in [0.2, 0.25) is 0 Å². The number of hydrogen-bond donors (Lipinski definition) is 1. The Hall–Kier alpha value is -3.44. The number of ketones is 2. The monoisotopic (exact) mass is 391 g/mol. The highest BCUT2D eigenvalue weighted by molar-refractivity contribution is 6.31. The van der Waals surface area contributed by atoms with Crippen LogP contribution in [0.15, 0.2) is 60.7 Å². The number of ether oxygens (including phenoxy) is 1. The van der Waals surface area contributed by atoms with Gasteiger partial charge in [-0.3, -0.25) is 14.4 Å².